The molecular weight excluding hydrogens is 260 g/mol. The van der Waals surface area contributed by atoms with Gasteiger partial charge in [-0.15, -0.1) is 0 Å². The van der Waals surface area contributed by atoms with Crippen molar-refractivity contribution in [3.05, 3.63) is 0 Å². The summed E-state index contributed by atoms with van der Waals surface area (Å²) in [6, 6.07) is 0. The lowest BCUT2D eigenvalue weighted by Crippen LogP contribution is -2.82. The predicted molar refractivity (Wildman–Crippen MR) is 89.6 cm³/mol. The lowest BCUT2D eigenvalue weighted by molar-refractivity contribution is -1.17. The molecule has 4 nitrogen and oxygen atoms in total. The molecule has 0 radical (unpaired) electrons. The van der Waals surface area contributed by atoms with Crippen molar-refractivity contribution in [3.8, 4) is 0 Å². The summed E-state index contributed by atoms with van der Waals surface area (Å²) < 4.78 is 2.18. The van der Waals surface area contributed by atoms with E-state index in [2.05, 4.69) is 79.5 Å². The lowest BCUT2D eigenvalue weighted by Gasteiger charge is -2.57. The monoisotopic (exact) mass is 298 g/mol. The first-order valence-electron chi connectivity index (χ1n) is 8.52. The fourth-order valence-corrected chi connectivity index (χ4v) is 5.96. The van der Waals surface area contributed by atoms with E-state index in [0.717, 1.165) is 22.1 Å². The second kappa shape index (κ2) is 4.44. The molecule has 0 saturated carbocycles. The average Bonchev–Trinajstić information content (AvgIpc) is 2.63. The summed E-state index contributed by atoms with van der Waals surface area (Å²) in [6.45, 7) is 19.1. The highest BCUT2D eigenvalue weighted by Gasteiger charge is 2.80. The minimum absolute atomic E-state index is 0.0243. The Morgan fingerprint density at radius 1 is 0.952 bits per heavy atom. The summed E-state index contributed by atoms with van der Waals surface area (Å²) in [6.07, 6.45) is 0. The first kappa shape index (κ1) is 17.2. The van der Waals surface area contributed by atoms with Gasteiger partial charge in [0, 0.05) is 14.1 Å². The fraction of sp³-hybridized carbons (Fsp3) is 1.00. The molecule has 0 aromatic rings. The second-order valence-electron chi connectivity index (χ2n) is 9.02. The van der Waals surface area contributed by atoms with Gasteiger partial charge in [-0.3, -0.25) is 0 Å². The Bertz CT molecular complexity index is 433. The van der Waals surface area contributed by atoms with Gasteiger partial charge < -0.3 is 0 Å². The molecule has 2 aliphatic rings. The van der Waals surface area contributed by atoms with Gasteiger partial charge in [-0.1, -0.05) is 0 Å². The Morgan fingerprint density at radius 3 is 1.90 bits per heavy atom. The van der Waals surface area contributed by atoms with Gasteiger partial charge in [-0.2, -0.15) is 9.80 Å². The van der Waals surface area contributed by atoms with E-state index in [4.69, 9.17) is 0 Å². The van der Waals surface area contributed by atoms with E-state index in [1.54, 1.807) is 0 Å². The minimum Gasteiger partial charge on any atom is -0.244 e. The van der Waals surface area contributed by atoms with Crippen LogP contribution in [0.1, 0.15) is 41.5 Å². The smallest absolute Gasteiger partial charge is 0.244 e. The van der Waals surface area contributed by atoms with Gasteiger partial charge in [-0.05, 0) is 41.5 Å². The molecule has 2 aliphatic heterocycles. The van der Waals surface area contributed by atoms with Gasteiger partial charge in [-0.25, -0.2) is 8.97 Å². The maximum atomic E-state index is 2.68. The van der Waals surface area contributed by atoms with E-state index >= 15 is 0 Å². The van der Waals surface area contributed by atoms with Gasteiger partial charge >= 0.3 is 5.91 Å². The molecular formula is C17H38N4+2. The summed E-state index contributed by atoms with van der Waals surface area (Å²) in [7, 11) is 9.64. The molecule has 0 aromatic carbocycles. The molecule has 1 spiro atoms. The molecule has 21 heavy (non-hydrogen) atoms. The summed E-state index contributed by atoms with van der Waals surface area (Å²) in [5, 5.41) is 0. The van der Waals surface area contributed by atoms with Crippen molar-refractivity contribution in [1.82, 2.24) is 9.80 Å². The summed E-state index contributed by atoms with van der Waals surface area (Å²) in [5.74, 6) is 0.0243. The topological polar surface area (TPSA) is 6.48 Å². The highest BCUT2D eigenvalue weighted by molar-refractivity contribution is 4.98. The SMILES string of the molecule is CC[N@@+]1(C)CC(C)(C)N(C)C12N(C)CC(C)(C)[N@@+]2(C)CC. The van der Waals surface area contributed by atoms with Crippen LogP contribution in [0.5, 0.6) is 0 Å². The zero-order chi connectivity index (χ0) is 16.5. The largest absolute Gasteiger partial charge is 0.356 e. The summed E-state index contributed by atoms with van der Waals surface area (Å²) >= 11 is 0. The maximum Gasteiger partial charge on any atom is 0.356 e. The third kappa shape index (κ3) is 1.65. The lowest BCUT2D eigenvalue weighted by atomic mass is 10.0. The Balaban J connectivity index is 2.77. The summed E-state index contributed by atoms with van der Waals surface area (Å²) in [5.41, 5.74) is 0.473. The normalized spacial score (nSPS) is 46.6. The molecule has 2 fully saturated rings. The average molecular weight is 299 g/mol. The summed E-state index contributed by atoms with van der Waals surface area (Å²) in [4.78, 5) is 5.33. The first-order chi connectivity index (χ1) is 9.36. The third-order valence-corrected chi connectivity index (χ3v) is 7.28. The molecule has 0 aliphatic carbocycles. The van der Waals surface area contributed by atoms with Crippen molar-refractivity contribution in [3.63, 3.8) is 0 Å². The van der Waals surface area contributed by atoms with E-state index in [1.807, 2.05) is 0 Å². The predicted octanol–water partition coefficient (Wildman–Crippen LogP) is 1.98. The van der Waals surface area contributed by atoms with E-state index < -0.39 is 0 Å². The van der Waals surface area contributed by atoms with Crippen molar-refractivity contribution < 1.29 is 8.97 Å². The number of rotatable bonds is 2. The Morgan fingerprint density at radius 2 is 1.48 bits per heavy atom. The van der Waals surface area contributed by atoms with Crippen molar-refractivity contribution in [2.24, 2.45) is 0 Å². The van der Waals surface area contributed by atoms with Crippen LogP contribution < -0.4 is 0 Å². The number of quaternary nitrogens is 2. The third-order valence-electron chi connectivity index (χ3n) is 7.28. The van der Waals surface area contributed by atoms with Crippen molar-refractivity contribution >= 4 is 0 Å². The number of hydrogen-bond donors (Lipinski definition) is 0. The van der Waals surface area contributed by atoms with Crippen molar-refractivity contribution in [2.75, 3.05) is 54.4 Å². The van der Waals surface area contributed by atoms with Crippen LogP contribution in [0.25, 0.3) is 0 Å². The van der Waals surface area contributed by atoms with E-state index in [1.165, 1.54) is 13.1 Å². The Hall–Kier alpha value is -0.160. The van der Waals surface area contributed by atoms with Crippen LogP contribution in [0, 0.1) is 0 Å². The zero-order valence-corrected chi connectivity index (χ0v) is 16.1. The first-order valence-corrected chi connectivity index (χ1v) is 8.52. The molecule has 0 N–H and O–H groups in total. The number of hydrogen-bond acceptors (Lipinski definition) is 2. The fourth-order valence-electron chi connectivity index (χ4n) is 5.96. The van der Waals surface area contributed by atoms with E-state index in [9.17, 15) is 0 Å². The minimum atomic E-state index is 0.0243. The standard InChI is InChI=1S/C17H38N4/c1-11-20(9)14-15(3,4)19(8)17(20)18(7)13-16(5,6)21(17,10)12-2/h11-14H2,1-10H3/q+2/t17?,20-,21+/m0/s1. The van der Waals surface area contributed by atoms with Crippen LogP contribution in [0.2, 0.25) is 0 Å². The molecule has 0 aromatic heterocycles. The highest BCUT2D eigenvalue weighted by atomic mass is 15.9. The zero-order valence-electron chi connectivity index (χ0n) is 16.1. The molecule has 1 unspecified atom stereocenters. The highest BCUT2D eigenvalue weighted by Crippen LogP contribution is 2.54. The van der Waals surface area contributed by atoms with Crippen LogP contribution >= 0.6 is 0 Å². The second-order valence-corrected chi connectivity index (χ2v) is 9.02. The van der Waals surface area contributed by atoms with Gasteiger partial charge in [0.05, 0.1) is 39.3 Å². The van der Waals surface area contributed by atoms with Gasteiger partial charge in [0.1, 0.15) is 12.1 Å². The molecule has 0 bridgehead atoms. The maximum absolute atomic E-state index is 2.68. The van der Waals surface area contributed by atoms with Crippen molar-refractivity contribution in [1.29, 1.82) is 0 Å². The Labute approximate surface area is 132 Å². The van der Waals surface area contributed by atoms with Crippen LogP contribution in [0.4, 0.5) is 0 Å². The van der Waals surface area contributed by atoms with Gasteiger partial charge in [0.15, 0.2) is 0 Å². The van der Waals surface area contributed by atoms with Crippen LogP contribution in [-0.4, -0.2) is 90.1 Å². The molecule has 4 heteroatoms. The molecule has 2 rings (SSSR count). The molecule has 0 amide bonds. The molecule has 2 heterocycles. The van der Waals surface area contributed by atoms with Gasteiger partial charge in [0.2, 0.25) is 0 Å². The van der Waals surface area contributed by atoms with E-state index in [0.29, 0.717) is 0 Å². The van der Waals surface area contributed by atoms with Crippen LogP contribution in [0.15, 0.2) is 0 Å². The molecule has 3 atom stereocenters. The van der Waals surface area contributed by atoms with Gasteiger partial charge in [0.25, 0.3) is 0 Å². The Kier molecular flexibility index (Phi) is 3.63. The van der Waals surface area contributed by atoms with Crippen LogP contribution in [-0.2, 0) is 0 Å². The van der Waals surface area contributed by atoms with E-state index in [-0.39, 0.29) is 17.0 Å². The molecule has 2 saturated heterocycles. The van der Waals surface area contributed by atoms with Crippen LogP contribution in [0.3, 0.4) is 0 Å². The van der Waals surface area contributed by atoms with Crippen molar-refractivity contribution in [2.45, 2.75) is 58.5 Å². The molecule has 124 valence electrons. The quantitative estimate of drug-likeness (QED) is 0.719. The number of likely N-dealkylation sites (N-methyl/N-ethyl adjacent to an activating group) is 4. The number of nitrogens with zero attached hydrogens (tertiary/aromatic N) is 4.